The molecular formula is C14H13ClO3. The van der Waals surface area contributed by atoms with Gasteiger partial charge in [-0.25, -0.2) is 0 Å². The first-order chi connectivity index (χ1) is 8.61. The third-order valence-corrected chi connectivity index (χ3v) is 2.85. The fourth-order valence-electron chi connectivity index (χ4n) is 1.69. The molecule has 18 heavy (non-hydrogen) atoms. The SMILES string of the molecule is COCc1ccc(C(=O)c2cc(Cl)ccc2C)o1. The Balaban J connectivity index is 2.32. The maximum absolute atomic E-state index is 12.2. The second kappa shape index (κ2) is 5.38. The molecule has 0 radical (unpaired) electrons. The van der Waals surface area contributed by atoms with E-state index in [1.54, 1.807) is 31.4 Å². The molecule has 4 heteroatoms. The lowest BCUT2D eigenvalue weighted by Gasteiger charge is -2.03. The van der Waals surface area contributed by atoms with Crippen LogP contribution in [0.2, 0.25) is 5.02 Å². The van der Waals surface area contributed by atoms with Crippen molar-refractivity contribution in [2.75, 3.05) is 7.11 Å². The minimum Gasteiger partial charge on any atom is -0.455 e. The number of carbonyl (C=O) groups excluding carboxylic acids is 1. The quantitative estimate of drug-likeness (QED) is 0.792. The summed E-state index contributed by atoms with van der Waals surface area (Å²) in [7, 11) is 1.57. The topological polar surface area (TPSA) is 39.4 Å². The number of furan rings is 1. The molecule has 0 N–H and O–H groups in total. The highest BCUT2D eigenvalue weighted by Crippen LogP contribution is 2.20. The average Bonchev–Trinajstić information content (AvgIpc) is 2.80. The first-order valence-electron chi connectivity index (χ1n) is 5.50. The van der Waals surface area contributed by atoms with Crippen LogP contribution in [0.5, 0.6) is 0 Å². The number of ketones is 1. The molecule has 0 bridgehead atoms. The lowest BCUT2D eigenvalue weighted by molar-refractivity contribution is 0.0999. The Morgan fingerprint density at radius 3 is 2.83 bits per heavy atom. The van der Waals surface area contributed by atoms with Crippen LogP contribution in [0.4, 0.5) is 0 Å². The van der Waals surface area contributed by atoms with Crippen LogP contribution in [0, 0.1) is 6.92 Å². The van der Waals surface area contributed by atoms with Crippen LogP contribution in [0.1, 0.15) is 27.4 Å². The Bertz CT molecular complexity index is 572. The summed E-state index contributed by atoms with van der Waals surface area (Å²) < 4.78 is 10.4. The number of aryl methyl sites for hydroxylation is 1. The zero-order valence-corrected chi connectivity index (χ0v) is 11.0. The molecule has 1 heterocycles. The molecule has 0 saturated heterocycles. The van der Waals surface area contributed by atoms with Crippen molar-refractivity contribution in [3.63, 3.8) is 0 Å². The lowest BCUT2D eigenvalue weighted by Crippen LogP contribution is -2.02. The maximum Gasteiger partial charge on any atom is 0.228 e. The van der Waals surface area contributed by atoms with Crippen LogP contribution in [-0.2, 0) is 11.3 Å². The van der Waals surface area contributed by atoms with Crippen LogP contribution in [-0.4, -0.2) is 12.9 Å². The van der Waals surface area contributed by atoms with E-state index in [4.69, 9.17) is 20.8 Å². The number of hydrogen-bond acceptors (Lipinski definition) is 3. The van der Waals surface area contributed by atoms with E-state index in [1.807, 2.05) is 13.0 Å². The van der Waals surface area contributed by atoms with Crippen molar-refractivity contribution in [3.05, 3.63) is 58.0 Å². The van der Waals surface area contributed by atoms with E-state index in [9.17, 15) is 4.79 Å². The summed E-state index contributed by atoms with van der Waals surface area (Å²) in [6, 6.07) is 8.60. The van der Waals surface area contributed by atoms with Crippen LogP contribution in [0.25, 0.3) is 0 Å². The zero-order chi connectivity index (χ0) is 13.1. The van der Waals surface area contributed by atoms with E-state index in [1.165, 1.54) is 0 Å². The van der Waals surface area contributed by atoms with E-state index in [-0.39, 0.29) is 5.78 Å². The summed E-state index contributed by atoms with van der Waals surface area (Å²) in [6.07, 6.45) is 0. The third kappa shape index (κ3) is 2.63. The van der Waals surface area contributed by atoms with Gasteiger partial charge in [-0.2, -0.15) is 0 Å². The largest absolute Gasteiger partial charge is 0.455 e. The molecule has 3 nitrogen and oxygen atoms in total. The molecule has 0 aliphatic rings. The number of halogens is 1. The minimum atomic E-state index is -0.169. The van der Waals surface area contributed by atoms with Gasteiger partial charge in [-0.1, -0.05) is 17.7 Å². The van der Waals surface area contributed by atoms with Gasteiger partial charge < -0.3 is 9.15 Å². The van der Waals surface area contributed by atoms with E-state index in [0.717, 1.165) is 5.56 Å². The summed E-state index contributed by atoms with van der Waals surface area (Å²) in [5, 5.41) is 0.535. The minimum absolute atomic E-state index is 0.169. The Morgan fingerprint density at radius 1 is 1.33 bits per heavy atom. The Morgan fingerprint density at radius 2 is 2.11 bits per heavy atom. The van der Waals surface area contributed by atoms with Crippen molar-refractivity contribution in [3.8, 4) is 0 Å². The smallest absolute Gasteiger partial charge is 0.228 e. The highest BCUT2D eigenvalue weighted by molar-refractivity contribution is 6.31. The van der Waals surface area contributed by atoms with Crippen molar-refractivity contribution in [2.24, 2.45) is 0 Å². The van der Waals surface area contributed by atoms with Crippen molar-refractivity contribution in [1.29, 1.82) is 0 Å². The molecule has 0 aliphatic heterocycles. The number of methoxy groups -OCH3 is 1. The highest BCUT2D eigenvalue weighted by atomic mass is 35.5. The van der Waals surface area contributed by atoms with Crippen molar-refractivity contribution in [1.82, 2.24) is 0 Å². The molecule has 2 rings (SSSR count). The van der Waals surface area contributed by atoms with E-state index in [0.29, 0.717) is 28.7 Å². The number of benzene rings is 1. The van der Waals surface area contributed by atoms with Crippen molar-refractivity contribution < 1.29 is 13.9 Å². The van der Waals surface area contributed by atoms with Gasteiger partial charge in [-0.3, -0.25) is 4.79 Å². The second-order valence-corrected chi connectivity index (χ2v) is 4.42. The van der Waals surface area contributed by atoms with Gasteiger partial charge in [-0.15, -0.1) is 0 Å². The molecule has 2 aromatic rings. The summed E-state index contributed by atoms with van der Waals surface area (Å²) in [5.74, 6) is 0.755. The van der Waals surface area contributed by atoms with E-state index < -0.39 is 0 Å². The van der Waals surface area contributed by atoms with E-state index >= 15 is 0 Å². The third-order valence-electron chi connectivity index (χ3n) is 2.62. The summed E-state index contributed by atoms with van der Waals surface area (Å²) in [6.45, 7) is 2.21. The predicted molar refractivity (Wildman–Crippen MR) is 69.0 cm³/mol. The Kier molecular flexibility index (Phi) is 3.84. The molecule has 1 aromatic carbocycles. The van der Waals surface area contributed by atoms with Crippen molar-refractivity contribution in [2.45, 2.75) is 13.5 Å². The predicted octanol–water partition coefficient (Wildman–Crippen LogP) is 3.62. The summed E-state index contributed by atoms with van der Waals surface area (Å²) >= 11 is 5.90. The highest BCUT2D eigenvalue weighted by Gasteiger charge is 2.16. The molecule has 0 spiro atoms. The van der Waals surface area contributed by atoms with Gasteiger partial charge in [0.15, 0.2) is 5.76 Å². The van der Waals surface area contributed by atoms with Crippen LogP contribution in [0.3, 0.4) is 0 Å². The Labute approximate surface area is 110 Å². The fraction of sp³-hybridized carbons (Fsp3) is 0.214. The van der Waals surface area contributed by atoms with Crippen LogP contribution >= 0.6 is 11.6 Å². The zero-order valence-electron chi connectivity index (χ0n) is 10.2. The monoisotopic (exact) mass is 264 g/mol. The van der Waals surface area contributed by atoms with Gasteiger partial charge in [0.2, 0.25) is 5.78 Å². The maximum atomic E-state index is 12.2. The number of hydrogen-bond donors (Lipinski definition) is 0. The molecule has 0 aliphatic carbocycles. The normalized spacial score (nSPS) is 10.6. The first kappa shape index (κ1) is 12.9. The molecule has 0 unspecified atom stereocenters. The average molecular weight is 265 g/mol. The number of carbonyl (C=O) groups is 1. The van der Waals surface area contributed by atoms with Crippen molar-refractivity contribution >= 4 is 17.4 Å². The van der Waals surface area contributed by atoms with Crippen LogP contribution < -0.4 is 0 Å². The van der Waals surface area contributed by atoms with Gasteiger partial charge >= 0.3 is 0 Å². The Hall–Kier alpha value is -1.58. The lowest BCUT2D eigenvalue weighted by atomic mass is 10.0. The molecule has 94 valence electrons. The van der Waals surface area contributed by atoms with E-state index in [2.05, 4.69) is 0 Å². The first-order valence-corrected chi connectivity index (χ1v) is 5.88. The molecule has 0 amide bonds. The molecule has 1 aromatic heterocycles. The number of ether oxygens (including phenoxy) is 1. The van der Waals surface area contributed by atoms with Gasteiger partial charge in [0.1, 0.15) is 12.4 Å². The molecule has 0 fully saturated rings. The molecule has 0 saturated carbocycles. The fourth-order valence-corrected chi connectivity index (χ4v) is 1.86. The summed E-state index contributed by atoms with van der Waals surface area (Å²) in [4.78, 5) is 12.2. The summed E-state index contributed by atoms with van der Waals surface area (Å²) in [5.41, 5.74) is 1.43. The van der Waals surface area contributed by atoms with Gasteiger partial charge in [-0.05, 0) is 36.8 Å². The van der Waals surface area contributed by atoms with Gasteiger partial charge in [0.05, 0.1) is 0 Å². The molecular weight excluding hydrogens is 252 g/mol. The second-order valence-electron chi connectivity index (χ2n) is 3.99. The number of rotatable bonds is 4. The standard InChI is InChI=1S/C14H13ClO3/c1-9-3-4-10(15)7-12(9)14(16)13-6-5-11(18-13)8-17-2/h3-7H,8H2,1-2H3. The van der Waals surface area contributed by atoms with Gasteiger partial charge in [0.25, 0.3) is 0 Å². The van der Waals surface area contributed by atoms with Crippen LogP contribution in [0.15, 0.2) is 34.7 Å². The molecule has 0 atom stereocenters. The van der Waals surface area contributed by atoms with Gasteiger partial charge in [0, 0.05) is 17.7 Å².